The third-order valence-corrected chi connectivity index (χ3v) is 11.1. The third kappa shape index (κ3) is 37.8. The number of rotatable bonds is 3. The molecule has 0 aliphatic heterocycles. The van der Waals surface area contributed by atoms with Crippen molar-refractivity contribution in [2.24, 2.45) is 0 Å². The summed E-state index contributed by atoms with van der Waals surface area (Å²) >= 11 is 0. The van der Waals surface area contributed by atoms with Crippen molar-refractivity contribution in [2.75, 3.05) is 0 Å². The fourth-order valence-electron chi connectivity index (χ4n) is 2.74. The Morgan fingerprint density at radius 2 is 1.25 bits per heavy atom. The second-order valence-electron chi connectivity index (χ2n) is 14.4. The molecule has 1 fully saturated rings. The number of hydrogen-bond donors (Lipinski definition) is 1. The summed E-state index contributed by atoms with van der Waals surface area (Å²) in [5.74, 6) is -0.916. The van der Waals surface area contributed by atoms with Gasteiger partial charge in [0, 0.05) is 31.1 Å². The molecule has 1 N–H and O–H groups in total. The number of allylic oxidation sites excluding steroid dienone is 7. The van der Waals surface area contributed by atoms with Crippen LogP contribution in [0.15, 0.2) is 96.5 Å². The van der Waals surface area contributed by atoms with E-state index in [1.165, 1.54) is 0 Å². The van der Waals surface area contributed by atoms with Crippen molar-refractivity contribution in [1.29, 1.82) is 0 Å². The van der Waals surface area contributed by atoms with E-state index < -0.39 is 38.2 Å². The molecule has 1 saturated carbocycles. The summed E-state index contributed by atoms with van der Waals surface area (Å²) in [6.07, 6.45) is 33.4. The summed E-state index contributed by atoms with van der Waals surface area (Å²) < 4.78 is 0. The fraction of sp³-hybridized carbons (Fsp3) is 0.308. The average molecular weight is 836 g/mol. The number of hydrogen-bond acceptors (Lipinski definition) is 2. The second kappa shape index (κ2) is 29.7. The van der Waals surface area contributed by atoms with E-state index >= 15 is 0 Å². The van der Waals surface area contributed by atoms with Crippen LogP contribution < -0.4 is 15.5 Å². The monoisotopic (exact) mass is 835 g/mol. The summed E-state index contributed by atoms with van der Waals surface area (Å²) in [6.45, 7) is 26.7. The molecule has 0 saturated heterocycles. The van der Waals surface area contributed by atoms with Gasteiger partial charge < -0.3 is 40.6 Å². The molecule has 4 radical (unpaired) electrons. The van der Waals surface area contributed by atoms with Gasteiger partial charge in [-0.3, -0.25) is 0 Å². The minimum absolute atomic E-state index is 0. The van der Waals surface area contributed by atoms with Crippen LogP contribution in [0.1, 0.15) is 0 Å². The first-order valence-electron chi connectivity index (χ1n) is 15.2. The van der Waals surface area contributed by atoms with E-state index in [-0.39, 0.29) is 55.9 Å². The van der Waals surface area contributed by atoms with Gasteiger partial charge in [0.15, 0.2) is 0 Å². The van der Waals surface area contributed by atoms with Crippen molar-refractivity contribution in [3.8, 4) is 11.1 Å². The van der Waals surface area contributed by atoms with Crippen molar-refractivity contribution < 1.29 is 66.1 Å². The summed E-state index contributed by atoms with van der Waals surface area (Å²) in [5, 5.41) is 21.3. The van der Waals surface area contributed by atoms with Gasteiger partial charge in [0.2, 0.25) is 0 Å². The maximum absolute atomic E-state index is 10.0. The fourth-order valence-corrected chi connectivity index (χ4v) is 5.12. The van der Waals surface area contributed by atoms with Crippen molar-refractivity contribution >= 4 is 42.7 Å². The van der Waals surface area contributed by atoms with Crippen LogP contribution in [0.5, 0.6) is 0 Å². The van der Waals surface area contributed by atoms with Gasteiger partial charge in [0.05, 0.1) is 24.2 Å². The molecular formula is C39H56CuFeO2Si4Ti-. The zero-order chi connectivity index (χ0) is 35.2. The minimum atomic E-state index is -1.21. The molecule has 0 bridgehead atoms. The van der Waals surface area contributed by atoms with Gasteiger partial charge in [-0.05, 0) is 11.6 Å². The number of aliphatic hydroxyl groups is 1. The van der Waals surface area contributed by atoms with Crippen LogP contribution in [0.2, 0.25) is 78.6 Å². The standard InChI is InChI=1S/C8H8O2.2C8H13Si.2C5H9Si.C5H5.Cu.Fe.Ti/c9-8(10)6-5-7-3-1-2-4-7;2*1-9(2,3)8-6-4-5-7-8;2*1-5-6(2,3)4;1-2-4-5-3-1;;;/h1-6,9-10H;2*4-7H,1-3H3;2*2-4H3;1-5H;;;/q;5*-1;+1;;+4/p-1. The predicted molar refractivity (Wildman–Crippen MR) is 210 cm³/mol. The zero-order valence-electron chi connectivity index (χ0n) is 31.0. The normalized spacial score (nSPS) is 13.0. The molecule has 0 atom stereocenters. The quantitative estimate of drug-likeness (QED) is 0.146. The van der Waals surface area contributed by atoms with Gasteiger partial charge in [-0.15, -0.1) is 0 Å². The summed E-state index contributed by atoms with van der Waals surface area (Å²) in [6, 6.07) is 17.4. The van der Waals surface area contributed by atoms with E-state index in [4.69, 9.17) is 18.0 Å². The van der Waals surface area contributed by atoms with Crippen LogP contribution in [0.25, 0.3) is 0 Å². The van der Waals surface area contributed by atoms with Crippen molar-refractivity contribution in [3.63, 3.8) is 0 Å². The molecule has 2 aromatic rings. The van der Waals surface area contributed by atoms with Crippen LogP contribution in [0.4, 0.5) is 0 Å². The maximum atomic E-state index is 10.0. The molecule has 4 rings (SSSR count). The summed E-state index contributed by atoms with van der Waals surface area (Å²) in [5.41, 5.74) is 5.90. The first-order valence-corrected chi connectivity index (χ1v) is 29.2. The topological polar surface area (TPSA) is 43.3 Å². The molecule has 0 unspecified atom stereocenters. The van der Waals surface area contributed by atoms with Gasteiger partial charge in [-0.25, -0.2) is 23.4 Å². The van der Waals surface area contributed by atoms with Crippen molar-refractivity contribution in [2.45, 2.75) is 78.6 Å². The molecule has 0 spiro atoms. The van der Waals surface area contributed by atoms with Crippen molar-refractivity contribution in [1.82, 2.24) is 0 Å². The largest absolute Gasteiger partial charge is 4.00 e. The van der Waals surface area contributed by atoms with E-state index in [2.05, 4.69) is 138 Å². The zero-order valence-corrected chi connectivity index (χ0v) is 38.6. The molecular weight excluding hydrogens is 780 g/mol. The van der Waals surface area contributed by atoms with Gasteiger partial charge in [0.1, 0.15) is 0 Å². The molecule has 48 heavy (non-hydrogen) atoms. The first-order chi connectivity index (χ1) is 20.6. The Kier molecular flexibility index (Phi) is 34.9. The SMILES string of the molecule is C[Si](C)(C)c1cc[cH-]c1.C[Si](C)(C)c1ccc[cH-]1.[C-]#C[Si](C)(C)C.[C-]#C[Si](C)(C)C.[CH]1[CH][CH][CH-][CH]1.[Cu+].[Fe].[O-]/C(O)=C/C=C1C=CC=C1.[Ti+4]. The van der Waals surface area contributed by atoms with Crippen LogP contribution >= 0.6 is 0 Å². The minimum Gasteiger partial charge on any atom is -0.701 e. The molecule has 2 aliphatic rings. The van der Waals surface area contributed by atoms with Crippen LogP contribution in [-0.2, 0) is 55.9 Å². The summed E-state index contributed by atoms with van der Waals surface area (Å²) in [4.78, 5) is 0. The average Bonchev–Trinajstić information content (AvgIpc) is 3.75. The molecule has 0 heterocycles. The Hall–Kier alpha value is -0.999. The molecule has 9 heteroatoms. The number of aliphatic hydroxyl groups excluding tert-OH is 1. The smallest absolute Gasteiger partial charge is 0.701 e. The molecule has 264 valence electrons. The van der Waals surface area contributed by atoms with E-state index in [0.29, 0.717) is 0 Å². The maximum Gasteiger partial charge on any atom is 4.00 e. The van der Waals surface area contributed by atoms with Gasteiger partial charge in [0.25, 0.3) is 0 Å². The first kappa shape index (κ1) is 56.4. The Bertz CT molecular complexity index is 1140. The molecule has 0 amide bonds. The molecule has 2 aliphatic carbocycles. The van der Waals surface area contributed by atoms with E-state index in [1.807, 2.05) is 56.4 Å². The van der Waals surface area contributed by atoms with E-state index in [0.717, 1.165) is 11.6 Å². The predicted octanol–water partition coefficient (Wildman–Crippen LogP) is 8.62. The van der Waals surface area contributed by atoms with Crippen LogP contribution in [-0.4, -0.2) is 37.4 Å². The third-order valence-electron chi connectivity index (χ3n) is 5.47. The van der Waals surface area contributed by atoms with E-state index in [9.17, 15) is 5.11 Å². The molecule has 0 aromatic heterocycles. The Balaban J connectivity index is -0.000000155. The van der Waals surface area contributed by atoms with Crippen molar-refractivity contribution in [3.05, 3.63) is 141 Å². The van der Waals surface area contributed by atoms with Gasteiger partial charge in [-0.2, -0.15) is 48.4 Å². The Morgan fingerprint density at radius 3 is 1.46 bits per heavy atom. The van der Waals surface area contributed by atoms with Crippen LogP contribution in [0, 0.1) is 56.0 Å². The van der Waals surface area contributed by atoms with E-state index in [1.54, 1.807) is 16.4 Å². The van der Waals surface area contributed by atoms with Gasteiger partial charge in [-0.1, -0.05) is 122 Å². The summed E-state index contributed by atoms with van der Waals surface area (Å²) in [7, 11) is -4.39. The molecule has 2 aromatic carbocycles. The van der Waals surface area contributed by atoms with Crippen LogP contribution in [0.3, 0.4) is 0 Å². The second-order valence-corrected chi connectivity index (χ2v) is 34.1. The Labute approximate surface area is 337 Å². The van der Waals surface area contributed by atoms with Gasteiger partial charge >= 0.3 is 38.8 Å². The Morgan fingerprint density at radius 1 is 0.792 bits per heavy atom. The molecule has 2 nitrogen and oxygen atoms in total.